The van der Waals surface area contributed by atoms with Crippen molar-refractivity contribution in [2.75, 3.05) is 4.81 Å². The van der Waals surface area contributed by atoms with E-state index in [1.165, 1.54) is 44.6 Å². The molecule has 5 nitrogen and oxygen atoms in total. The minimum atomic E-state index is 0.0677. The summed E-state index contributed by atoms with van der Waals surface area (Å²) >= 11 is 0. The molecule has 0 fully saturated rings. The molecule has 2 aliphatic rings. The molecule has 0 radical (unpaired) electrons. The van der Waals surface area contributed by atoms with Gasteiger partial charge in [-0.1, -0.05) is 60.7 Å². The molecule has 0 atom stereocenters. The molecule has 36 heavy (non-hydrogen) atoms. The number of nitrogens with zero attached hydrogens (tertiary/aromatic N) is 5. The fourth-order valence-electron chi connectivity index (χ4n) is 5.84. The van der Waals surface area contributed by atoms with Crippen molar-refractivity contribution in [2.45, 2.75) is 0 Å². The molecule has 2 aliphatic heterocycles. The van der Waals surface area contributed by atoms with Crippen LogP contribution in [0.2, 0.25) is 0 Å². The third-order valence-corrected chi connectivity index (χ3v) is 7.37. The summed E-state index contributed by atoms with van der Waals surface area (Å²) in [7, 11) is 0. The van der Waals surface area contributed by atoms with Gasteiger partial charge >= 0.3 is 6.85 Å². The Hall–Kier alpha value is -4.84. The van der Waals surface area contributed by atoms with Crippen LogP contribution in [-0.2, 0) is 0 Å². The first kappa shape index (κ1) is 19.5. The van der Waals surface area contributed by atoms with Gasteiger partial charge in [-0.25, -0.2) is 9.36 Å². The Bertz CT molecular complexity index is 1630. The molecule has 0 saturated heterocycles. The Balaban J connectivity index is 1.46. The first-order valence-electron chi connectivity index (χ1n) is 12.1. The largest absolute Gasteiger partial charge is 0.376 e. The fourth-order valence-corrected chi connectivity index (χ4v) is 5.84. The second-order valence-corrected chi connectivity index (χ2v) is 9.25. The third kappa shape index (κ3) is 2.67. The highest BCUT2D eigenvalue weighted by molar-refractivity contribution is 6.92. The lowest BCUT2D eigenvalue weighted by atomic mass is 9.43. The van der Waals surface area contributed by atoms with Crippen molar-refractivity contribution < 1.29 is 0 Å². The van der Waals surface area contributed by atoms with Crippen LogP contribution in [0.15, 0.2) is 122 Å². The zero-order valence-electron chi connectivity index (χ0n) is 19.4. The number of anilines is 2. The summed E-state index contributed by atoms with van der Waals surface area (Å²) in [5.74, 6) is 0. The molecule has 4 aromatic carbocycles. The minimum absolute atomic E-state index is 0.0677. The van der Waals surface area contributed by atoms with E-state index in [0.29, 0.717) is 0 Å². The molecule has 0 unspecified atom stereocenters. The van der Waals surface area contributed by atoms with Crippen molar-refractivity contribution in [2.24, 2.45) is 0 Å². The van der Waals surface area contributed by atoms with E-state index >= 15 is 0 Å². The molecule has 0 N–H and O–H groups in total. The van der Waals surface area contributed by atoms with E-state index in [1.807, 2.05) is 46.3 Å². The molecule has 0 aliphatic carbocycles. The summed E-state index contributed by atoms with van der Waals surface area (Å²) in [6.45, 7) is 0.0677. The number of benzene rings is 4. The lowest BCUT2D eigenvalue weighted by molar-refractivity contribution is 0.879. The number of aromatic nitrogens is 4. The van der Waals surface area contributed by atoms with Crippen LogP contribution in [0, 0.1) is 0 Å². The number of fused-ring (bicyclic) bond motifs is 11. The molecule has 6 heteroatoms. The lowest BCUT2D eigenvalue weighted by Crippen LogP contribution is -2.59. The summed E-state index contributed by atoms with van der Waals surface area (Å²) in [5.41, 5.74) is 12.1. The van der Waals surface area contributed by atoms with Crippen LogP contribution in [0.25, 0.3) is 33.6 Å². The van der Waals surface area contributed by atoms with E-state index < -0.39 is 0 Å². The van der Waals surface area contributed by atoms with Crippen LogP contribution >= 0.6 is 0 Å². The van der Waals surface area contributed by atoms with Crippen molar-refractivity contribution in [3.63, 3.8) is 0 Å². The Morgan fingerprint density at radius 2 is 1.00 bits per heavy atom. The van der Waals surface area contributed by atoms with Crippen LogP contribution < -0.4 is 15.7 Å². The van der Waals surface area contributed by atoms with Gasteiger partial charge in [0.25, 0.3) is 0 Å². The normalized spacial score (nSPS) is 12.9. The fraction of sp³-hybridized carbons (Fsp3) is 0. The second kappa shape index (κ2) is 7.33. The third-order valence-electron chi connectivity index (χ3n) is 7.37. The Labute approximate surface area is 209 Å². The van der Waals surface area contributed by atoms with Crippen LogP contribution in [0.1, 0.15) is 0 Å². The minimum Gasteiger partial charge on any atom is -0.376 e. The van der Waals surface area contributed by atoms with Crippen molar-refractivity contribution in [1.29, 1.82) is 0 Å². The Kier molecular flexibility index (Phi) is 3.96. The molecule has 0 spiro atoms. The predicted molar refractivity (Wildman–Crippen MR) is 145 cm³/mol. The van der Waals surface area contributed by atoms with Gasteiger partial charge < -0.3 is 4.81 Å². The summed E-state index contributed by atoms with van der Waals surface area (Å²) in [4.78, 5) is 2.51. The Morgan fingerprint density at radius 1 is 0.500 bits per heavy atom. The Morgan fingerprint density at radius 3 is 1.47 bits per heavy atom. The molecule has 0 amide bonds. The van der Waals surface area contributed by atoms with E-state index in [0.717, 1.165) is 11.4 Å². The maximum Gasteiger partial charge on any atom is 0.329 e. The zero-order chi connectivity index (χ0) is 23.6. The highest BCUT2D eigenvalue weighted by atomic mass is 15.3. The van der Waals surface area contributed by atoms with Crippen molar-refractivity contribution >= 4 is 29.1 Å². The average molecular weight is 461 g/mol. The molecule has 4 heterocycles. The van der Waals surface area contributed by atoms with Gasteiger partial charge in [-0.3, -0.25) is 0 Å². The highest BCUT2D eigenvalue weighted by Gasteiger charge is 2.42. The van der Waals surface area contributed by atoms with Crippen LogP contribution in [-0.4, -0.2) is 26.4 Å². The molecule has 2 aromatic heterocycles. The average Bonchev–Trinajstić information content (AvgIpc) is 3.67. The van der Waals surface area contributed by atoms with Crippen molar-refractivity contribution in [3.8, 4) is 33.6 Å². The van der Waals surface area contributed by atoms with Crippen molar-refractivity contribution in [3.05, 3.63) is 122 Å². The van der Waals surface area contributed by atoms with E-state index in [2.05, 4.69) is 99.9 Å². The number of hydrogen-bond donors (Lipinski definition) is 0. The molecular weight excluding hydrogens is 441 g/mol. The maximum absolute atomic E-state index is 4.50. The highest BCUT2D eigenvalue weighted by Crippen LogP contribution is 2.46. The molecular formula is C30H20BN5. The van der Waals surface area contributed by atoms with Gasteiger partial charge in [-0.15, -0.1) is 0 Å². The predicted octanol–water partition coefficient (Wildman–Crippen LogP) is 4.96. The summed E-state index contributed by atoms with van der Waals surface area (Å²) < 4.78 is 3.85. The number of hydrogen-bond acceptors (Lipinski definition) is 3. The smallest absolute Gasteiger partial charge is 0.329 e. The van der Waals surface area contributed by atoms with Gasteiger partial charge in [0.15, 0.2) is 0 Å². The SMILES string of the molecule is c1ccc2c(c1)B1c3ccccc3-c3ccc(-n4cccn4)cc3N1c1cc(-n3cccn3)ccc1-2. The second-order valence-electron chi connectivity index (χ2n) is 9.25. The summed E-state index contributed by atoms with van der Waals surface area (Å²) in [6, 6.07) is 34.9. The molecule has 6 aromatic rings. The van der Waals surface area contributed by atoms with Gasteiger partial charge in [0.05, 0.1) is 11.4 Å². The van der Waals surface area contributed by atoms with Gasteiger partial charge in [-0.2, -0.15) is 10.2 Å². The first-order chi connectivity index (χ1) is 17.9. The molecule has 0 bridgehead atoms. The van der Waals surface area contributed by atoms with Crippen molar-refractivity contribution in [1.82, 2.24) is 19.6 Å². The van der Waals surface area contributed by atoms with Gasteiger partial charge in [0.2, 0.25) is 0 Å². The van der Waals surface area contributed by atoms with Gasteiger partial charge in [0, 0.05) is 47.3 Å². The molecule has 168 valence electrons. The first-order valence-corrected chi connectivity index (χ1v) is 12.1. The molecule has 8 rings (SSSR count). The lowest BCUT2D eigenvalue weighted by Gasteiger charge is -2.43. The monoisotopic (exact) mass is 461 g/mol. The molecule has 0 saturated carbocycles. The van der Waals surface area contributed by atoms with Gasteiger partial charge in [0.1, 0.15) is 0 Å². The quantitative estimate of drug-likeness (QED) is 0.342. The number of rotatable bonds is 2. The summed E-state index contributed by atoms with van der Waals surface area (Å²) in [6.07, 6.45) is 7.62. The van der Waals surface area contributed by atoms with Crippen LogP contribution in [0.4, 0.5) is 11.4 Å². The maximum atomic E-state index is 4.50. The summed E-state index contributed by atoms with van der Waals surface area (Å²) in [5, 5.41) is 9.00. The van der Waals surface area contributed by atoms with Crippen LogP contribution in [0.5, 0.6) is 0 Å². The van der Waals surface area contributed by atoms with Crippen LogP contribution in [0.3, 0.4) is 0 Å². The van der Waals surface area contributed by atoms with E-state index in [4.69, 9.17) is 0 Å². The van der Waals surface area contributed by atoms with Gasteiger partial charge in [-0.05, 0) is 58.5 Å². The van der Waals surface area contributed by atoms with E-state index in [1.54, 1.807) is 0 Å². The standard InChI is InChI=1S/C30H20BN5/c1-3-9-27-23(7-1)25-13-11-21(34-17-5-15-32-34)19-29(25)36-30-20-22(35-18-6-16-33-35)12-14-26(30)24-8-2-4-10-28(24)31(27)36/h1-20H. The van der Waals surface area contributed by atoms with E-state index in [9.17, 15) is 0 Å². The topological polar surface area (TPSA) is 38.9 Å². The van der Waals surface area contributed by atoms with E-state index in [-0.39, 0.29) is 6.85 Å². The zero-order valence-corrected chi connectivity index (χ0v) is 19.4.